The lowest BCUT2D eigenvalue weighted by atomic mass is 9.86. The summed E-state index contributed by atoms with van der Waals surface area (Å²) >= 11 is 0. The summed E-state index contributed by atoms with van der Waals surface area (Å²) in [5, 5.41) is 19.8. The van der Waals surface area contributed by atoms with Crippen LogP contribution in [0.2, 0.25) is 0 Å². The first-order chi connectivity index (χ1) is 17.3. The molecule has 3 N–H and O–H groups in total. The van der Waals surface area contributed by atoms with E-state index in [1.54, 1.807) is 6.07 Å². The summed E-state index contributed by atoms with van der Waals surface area (Å²) in [4.78, 5) is 28.1. The maximum Gasteiger partial charge on any atom is 0.418 e. The Bertz CT molecular complexity index is 1170. The van der Waals surface area contributed by atoms with Gasteiger partial charge in [-0.15, -0.1) is 10.2 Å². The van der Waals surface area contributed by atoms with Crippen LogP contribution >= 0.6 is 0 Å². The number of pyridine rings is 1. The van der Waals surface area contributed by atoms with Gasteiger partial charge in [0.2, 0.25) is 11.8 Å². The Morgan fingerprint density at radius 1 is 1.32 bits per heavy atom. The number of piperidine rings is 1. The largest absolute Gasteiger partial charge is 0.476 e. The number of amides is 1. The van der Waals surface area contributed by atoms with E-state index in [1.807, 2.05) is 4.98 Å². The van der Waals surface area contributed by atoms with Gasteiger partial charge >= 0.3 is 6.18 Å². The molecule has 0 unspecified atom stereocenters. The first-order valence-electron chi connectivity index (χ1n) is 11.7. The Morgan fingerprint density at radius 3 is 2.68 bits per heavy atom. The minimum absolute atomic E-state index is 0.140. The Kier molecular flexibility index (Phi) is 7.51. The average Bonchev–Trinajstić information content (AvgIpc) is 3.67. The number of halogens is 5. The fourth-order valence-electron chi connectivity index (χ4n) is 4.07. The molecule has 202 valence electrons. The molecule has 1 aliphatic heterocycles. The highest BCUT2D eigenvalue weighted by atomic mass is 19.4. The number of aromatic amines is 1. The van der Waals surface area contributed by atoms with Crippen molar-refractivity contribution in [1.82, 2.24) is 20.1 Å². The van der Waals surface area contributed by atoms with E-state index >= 15 is 0 Å². The summed E-state index contributed by atoms with van der Waals surface area (Å²) in [6.45, 7) is 1.51. The van der Waals surface area contributed by atoms with Crippen molar-refractivity contribution in [3.05, 3.63) is 45.9 Å². The van der Waals surface area contributed by atoms with Gasteiger partial charge in [-0.3, -0.25) is 14.5 Å². The minimum atomic E-state index is -5.15. The second-order valence-corrected chi connectivity index (χ2v) is 9.40. The van der Waals surface area contributed by atoms with Crippen molar-refractivity contribution >= 4 is 11.7 Å². The lowest BCUT2D eigenvalue weighted by Crippen LogP contribution is -2.52. The van der Waals surface area contributed by atoms with Crippen molar-refractivity contribution < 1.29 is 36.6 Å². The number of rotatable bonds is 8. The zero-order valence-corrected chi connectivity index (χ0v) is 19.8. The first-order valence-corrected chi connectivity index (χ1v) is 11.7. The van der Waals surface area contributed by atoms with E-state index in [0.29, 0.717) is 24.5 Å². The molecular weight excluding hydrogens is 505 g/mol. The van der Waals surface area contributed by atoms with Crippen molar-refractivity contribution in [2.24, 2.45) is 5.92 Å². The number of aromatic nitrogens is 3. The van der Waals surface area contributed by atoms with Crippen molar-refractivity contribution in [2.75, 3.05) is 25.0 Å². The number of nitrogens with zero attached hydrogens (tertiary/aromatic N) is 3. The third-order valence-corrected chi connectivity index (χ3v) is 6.60. The van der Waals surface area contributed by atoms with Crippen LogP contribution in [0.4, 0.5) is 27.8 Å². The van der Waals surface area contributed by atoms with Gasteiger partial charge in [0, 0.05) is 31.8 Å². The van der Waals surface area contributed by atoms with Gasteiger partial charge in [-0.2, -0.15) is 13.2 Å². The van der Waals surface area contributed by atoms with Crippen LogP contribution in [0.5, 0.6) is 5.88 Å². The normalized spacial score (nSPS) is 21.8. The number of aliphatic hydroxyl groups excluding tert-OH is 1. The maximum absolute atomic E-state index is 14.8. The van der Waals surface area contributed by atoms with Gasteiger partial charge in [0.15, 0.2) is 11.9 Å². The van der Waals surface area contributed by atoms with E-state index in [9.17, 15) is 36.6 Å². The molecule has 14 heteroatoms. The smallest absolute Gasteiger partial charge is 0.418 e. The third kappa shape index (κ3) is 6.42. The minimum Gasteiger partial charge on any atom is -0.476 e. The van der Waals surface area contributed by atoms with E-state index in [2.05, 4.69) is 15.5 Å². The van der Waals surface area contributed by atoms with Crippen LogP contribution in [-0.4, -0.2) is 68.9 Å². The molecule has 1 amide bonds. The molecule has 0 radical (unpaired) electrons. The van der Waals surface area contributed by atoms with Crippen LogP contribution in [0.15, 0.2) is 29.2 Å². The summed E-state index contributed by atoms with van der Waals surface area (Å²) in [5.41, 5.74) is -2.60. The molecule has 0 bridgehead atoms. The van der Waals surface area contributed by atoms with E-state index in [1.165, 1.54) is 17.9 Å². The van der Waals surface area contributed by atoms with Crippen LogP contribution in [0.3, 0.4) is 0 Å². The Morgan fingerprint density at radius 2 is 2.05 bits per heavy atom. The Balaban J connectivity index is 1.44. The van der Waals surface area contributed by atoms with E-state index in [0.717, 1.165) is 19.0 Å². The number of alkyl halides is 5. The molecule has 2 aromatic heterocycles. The number of carbonyl (C=O) groups excluding carboxylic acids is 1. The number of nitrogens with one attached hydrogen (secondary N) is 2. The van der Waals surface area contributed by atoms with Crippen LogP contribution < -0.4 is 15.6 Å². The molecule has 4 rings (SSSR count). The fraction of sp³-hybridized carbons (Fsp3) is 0.565. The lowest BCUT2D eigenvalue weighted by molar-refractivity contribution is -0.207. The van der Waals surface area contributed by atoms with Gasteiger partial charge in [0.25, 0.3) is 11.5 Å². The van der Waals surface area contributed by atoms with Gasteiger partial charge in [0.05, 0.1) is 24.1 Å². The Labute approximate surface area is 208 Å². The number of carbonyl (C=O) groups is 1. The molecular formula is C23H26F5N5O4. The van der Waals surface area contributed by atoms with Crippen LogP contribution in [-0.2, 0) is 4.79 Å². The molecule has 3 heterocycles. The molecule has 2 aromatic rings. The number of anilines is 1. The lowest BCUT2D eigenvalue weighted by Gasteiger charge is -2.40. The third-order valence-electron chi connectivity index (χ3n) is 6.60. The van der Waals surface area contributed by atoms with Crippen molar-refractivity contribution in [2.45, 2.75) is 56.3 Å². The summed E-state index contributed by atoms with van der Waals surface area (Å²) < 4.78 is 74.0. The molecule has 1 aliphatic carbocycles. The standard InChI is InChI=1S/C23H26F5N5O4/c1-12(20(35)30-17-4-5-18(32-31-17)37-11-13-2-3-13)33-7-6-22(24,25)16(10-33)14-8-15(21(36)29-9-14)19(34)23(26,27)28/h4-5,8-9,12-13,16,19,34H,2-3,6-7,10-11H2,1H3,(H,29,36)(H,30,31,35)/t12-,16+,19-/m0/s1. The van der Waals surface area contributed by atoms with E-state index in [-0.39, 0.29) is 24.5 Å². The highest BCUT2D eigenvalue weighted by Crippen LogP contribution is 2.41. The average molecular weight is 531 g/mol. The number of aliphatic hydroxyl groups is 1. The van der Waals surface area contributed by atoms with Gasteiger partial charge < -0.3 is 20.1 Å². The predicted octanol–water partition coefficient (Wildman–Crippen LogP) is 3.00. The summed E-state index contributed by atoms with van der Waals surface area (Å²) in [7, 11) is 0. The molecule has 37 heavy (non-hydrogen) atoms. The number of ether oxygens (including phenoxy) is 1. The molecule has 2 fully saturated rings. The summed E-state index contributed by atoms with van der Waals surface area (Å²) in [5.74, 6) is -4.52. The van der Waals surface area contributed by atoms with Gasteiger partial charge in [-0.1, -0.05) is 0 Å². The highest BCUT2D eigenvalue weighted by molar-refractivity contribution is 5.93. The maximum atomic E-state index is 14.8. The fourth-order valence-corrected chi connectivity index (χ4v) is 4.07. The molecule has 2 aliphatic rings. The van der Waals surface area contributed by atoms with Gasteiger partial charge in [-0.25, -0.2) is 8.78 Å². The van der Waals surface area contributed by atoms with E-state index < -0.39 is 53.6 Å². The van der Waals surface area contributed by atoms with Crippen molar-refractivity contribution in [3.8, 4) is 5.88 Å². The first kappa shape index (κ1) is 26.9. The summed E-state index contributed by atoms with van der Waals surface area (Å²) in [6.07, 6.45) is -5.81. The predicted molar refractivity (Wildman–Crippen MR) is 120 cm³/mol. The quantitative estimate of drug-likeness (QED) is 0.448. The summed E-state index contributed by atoms with van der Waals surface area (Å²) in [6, 6.07) is 2.80. The van der Waals surface area contributed by atoms with Crippen molar-refractivity contribution in [3.63, 3.8) is 0 Å². The molecule has 0 spiro atoms. The second kappa shape index (κ2) is 10.3. The highest BCUT2D eigenvalue weighted by Gasteiger charge is 2.47. The van der Waals surface area contributed by atoms with Crippen molar-refractivity contribution in [1.29, 1.82) is 0 Å². The van der Waals surface area contributed by atoms with Gasteiger partial charge in [-0.05, 0) is 43.4 Å². The van der Waals surface area contributed by atoms with Crippen LogP contribution in [0, 0.1) is 5.92 Å². The molecule has 9 nitrogen and oxygen atoms in total. The van der Waals surface area contributed by atoms with Crippen LogP contribution in [0.1, 0.15) is 49.3 Å². The number of H-pyrrole nitrogens is 1. The van der Waals surface area contributed by atoms with Crippen LogP contribution in [0.25, 0.3) is 0 Å². The molecule has 1 saturated carbocycles. The SMILES string of the molecule is C[C@@H](C(=O)Nc1ccc(OCC2CC2)nn1)N1CCC(F)(F)[C@@H](c2c[nH]c(=O)c([C@H](O)C(F)(F)F)c2)C1. The zero-order valence-electron chi connectivity index (χ0n) is 19.8. The molecule has 3 atom stereocenters. The Hall–Kier alpha value is -3.13. The van der Waals surface area contributed by atoms with Gasteiger partial charge in [0.1, 0.15) is 0 Å². The number of hydrogen-bond acceptors (Lipinski definition) is 7. The monoisotopic (exact) mass is 531 g/mol. The second-order valence-electron chi connectivity index (χ2n) is 9.40. The van der Waals surface area contributed by atoms with E-state index in [4.69, 9.17) is 4.74 Å². The molecule has 1 saturated heterocycles. The number of hydrogen-bond donors (Lipinski definition) is 3. The zero-order chi connectivity index (χ0) is 27.0. The molecule has 0 aromatic carbocycles. The topological polar surface area (TPSA) is 120 Å². The number of likely N-dealkylation sites (tertiary alicyclic amines) is 1.